The highest BCUT2D eigenvalue weighted by Gasteiger charge is 2.01. The van der Waals surface area contributed by atoms with Crippen molar-refractivity contribution in [2.24, 2.45) is 5.84 Å². The maximum absolute atomic E-state index is 5.58. The van der Waals surface area contributed by atoms with Gasteiger partial charge < -0.3 is 16.5 Å². The Balaban J connectivity index is 1.96. The summed E-state index contributed by atoms with van der Waals surface area (Å²) in [5.74, 6) is 6.65. The molecule has 0 aliphatic heterocycles. The molecular weight excluding hydrogens is 240 g/mol. The van der Waals surface area contributed by atoms with Crippen LogP contribution in [0.25, 0.3) is 0 Å². The van der Waals surface area contributed by atoms with Crippen LogP contribution in [-0.4, -0.2) is 16.5 Å². The van der Waals surface area contributed by atoms with E-state index in [1.807, 2.05) is 12.1 Å². The number of hydrogen-bond donors (Lipinski definition) is 4. The van der Waals surface area contributed by atoms with E-state index in [4.69, 9.17) is 11.6 Å². The van der Waals surface area contributed by atoms with Crippen LogP contribution >= 0.6 is 0 Å². The molecule has 0 saturated heterocycles. The number of anilines is 3. The van der Waals surface area contributed by atoms with Crippen LogP contribution in [0.4, 0.5) is 17.6 Å². The molecule has 1 aromatic carbocycles. The van der Waals surface area contributed by atoms with Crippen molar-refractivity contribution in [2.45, 2.75) is 13.3 Å². The Morgan fingerprint density at radius 2 is 1.89 bits per heavy atom. The van der Waals surface area contributed by atoms with Crippen molar-refractivity contribution in [2.75, 3.05) is 23.0 Å². The lowest BCUT2D eigenvalue weighted by Crippen LogP contribution is -2.13. The molecule has 0 bridgehead atoms. The molecule has 100 valence electrons. The van der Waals surface area contributed by atoms with Gasteiger partial charge in [-0.05, 0) is 24.5 Å². The van der Waals surface area contributed by atoms with Gasteiger partial charge in [-0.25, -0.2) is 5.84 Å². The normalized spacial score (nSPS) is 10.2. The Morgan fingerprint density at radius 3 is 2.63 bits per heavy atom. The van der Waals surface area contributed by atoms with Gasteiger partial charge in [0.25, 0.3) is 0 Å². The number of benzene rings is 1. The van der Waals surface area contributed by atoms with Crippen LogP contribution in [0, 0.1) is 6.92 Å². The first-order valence-electron chi connectivity index (χ1n) is 6.08. The van der Waals surface area contributed by atoms with Crippen LogP contribution in [0.15, 0.2) is 30.3 Å². The van der Waals surface area contributed by atoms with Gasteiger partial charge in [0, 0.05) is 12.6 Å². The smallest absolute Gasteiger partial charge is 0.223 e. The number of nitrogens with one attached hydrogen (secondary N) is 2. The predicted molar refractivity (Wildman–Crippen MR) is 77.6 cm³/mol. The molecule has 0 saturated carbocycles. The van der Waals surface area contributed by atoms with E-state index in [0.717, 1.165) is 13.0 Å². The molecule has 0 fully saturated rings. The molecule has 0 aliphatic carbocycles. The number of aromatic nitrogens is 2. The van der Waals surface area contributed by atoms with Crippen LogP contribution in [0.2, 0.25) is 0 Å². The fourth-order valence-corrected chi connectivity index (χ4v) is 1.85. The van der Waals surface area contributed by atoms with Crippen molar-refractivity contribution in [1.29, 1.82) is 0 Å². The summed E-state index contributed by atoms with van der Waals surface area (Å²) in [6.45, 7) is 2.87. The molecule has 0 unspecified atom stereocenters. The van der Waals surface area contributed by atoms with E-state index < -0.39 is 0 Å². The van der Waals surface area contributed by atoms with Crippen LogP contribution in [0.5, 0.6) is 0 Å². The van der Waals surface area contributed by atoms with E-state index in [-0.39, 0.29) is 5.95 Å². The van der Waals surface area contributed by atoms with E-state index >= 15 is 0 Å². The van der Waals surface area contributed by atoms with Gasteiger partial charge >= 0.3 is 0 Å². The topological polar surface area (TPSA) is 102 Å². The summed E-state index contributed by atoms with van der Waals surface area (Å²) in [7, 11) is 0. The molecule has 1 heterocycles. The molecule has 6 nitrogen and oxygen atoms in total. The minimum atomic E-state index is 0.189. The zero-order valence-electron chi connectivity index (χ0n) is 10.9. The van der Waals surface area contributed by atoms with Gasteiger partial charge in [0.1, 0.15) is 11.6 Å². The monoisotopic (exact) mass is 258 g/mol. The third kappa shape index (κ3) is 3.56. The molecular formula is C13H18N6. The summed E-state index contributed by atoms with van der Waals surface area (Å²) in [5, 5.41) is 3.21. The van der Waals surface area contributed by atoms with E-state index in [1.54, 1.807) is 6.07 Å². The summed E-state index contributed by atoms with van der Waals surface area (Å²) < 4.78 is 0. The van der Waals surface area contributed by atoms with Gasteiger partial charge in [-0.15, -0.1) is 0 Å². The lowest BCUT2D eigenvalue weighted by atomic mass is 10.1. The molecule has 2 rings (SSSR count). The number of aryl methyl sites for hydroxylation is 1. The van der Waals surface area contributed by atoms with E-state index in [1.165, 1.54) is 11.1 Å². The lowest BCUT2D eigenvalue weighted by molar-refractivity contribution is 0.989. The van der Waals surface area contributed by atoms with Crippen LogP contribution in [0.1, 0.15) is 11.1 Å². The maximum Gasteiger partial charge on any atom is 0.223 e. The van der Waals surface area contributed by atoms with Gasteiger partial charge in [-0.3, -0.25) is 0 Å². The third-order valence-electron chi connectivity index (χ3n) is 2.85. The van der Waals surface area contributed by atoms with Crippen molar-refractivity contribution in [3.05, 3.63) is 41.5 Å². The van der Waals surface area contributed by atoms with Gasteiger partial charge in [-0.2, -0.15) is 9.97 Å². The number of rotatable bonds is 5. The highest BCUT2D eigenvalue weighted by molar-refractivity contribution is 5.50. The number of hydrazine groups is 1. The van der Waals surface area contributed by atoms with E-state index in [9.17, 15) is 0 Å². The van der Waals surface area contributed by atoms with E-state index in [2.05, 4.69) is 39.8 Å². The van der Waals surface area contributed by atoms with Crippen molar-refractivity contribution < 1.29 is 0 Å². The second-order valence-corrected chi connectivity index (χ2v) is 4.24. The van der Waals surface area contributed by atoms with Crippen LogP contribution in [0.3, 0.4) is 0 Å². The second kappa shape index (κ2) is 6.01. The largest absolute Gasteiger partial charge is 0.370 e. The predicted octanol–water partition coefficient (Wildman–Crippen LogP) is 1.31. The van der Waals surface area contributed by atoms with Gasteiger partial charge in [0.05, 0.1) is 0 Å². The Hall–Kier alpha value is -2.34. The zero-order chi connectivity index (χ0) is 13.7. The van der Waals surface area contributed by atoms with Crippen molar-refractivity contribution in [1.82, 2.24) is 9.97 Å². The first-order chi connectivity index (χ1) is 9.19. The number of hydrogen-bond acceptors (Lipinski definition) is 6. The fraction of sp³-hybridized carbons (Fsp3) is 0.231. The van der Waals surface area contributed by atoms with Crippen LogP contribution < -0.4 is 22.3 Å². The highest BCUT2D eigenvalue weighted by Crippen LogP contribution is 2.12. The van der Waals surface area contributed by atoms with Crippen molar-refractivity contribution in [3.8, 4) is 0 Å². The minimum absolute atomic E-state index is 0.189. The molecule has 6 N–H and O–H groups in total. The van der Waals surface area contributed by atoms with Crippen LogP contribution in [-0.2, 0) is 6.42 Å². The highest BCUT2D eigenvalue weighted by atomic mass is 15.3. The van der Waals surface area contributed by atoms with Gasteiger partial charge in [0.15, 0.2) is 0 Å². The molecule has 6 heteroatoms. The molecule has 0 amide bonds. The standard InChI is InChI=1S/C13H18N6/c1-9-4-2-3-5-10(9)6-7-16-11-8-12(19-15)18-13(14)17-11/h2-5,8H,6-7,15H2,1H3,(H4,14,16,17,18,19). The molecule has 0 spiro atoms. The average molecular weight is 258 g/mol. The minimum Gasteiger partial charge on any atom is -0.370 e. The van der Waals surface area contributed by atoms with Gasteiger partial charge in [0.2, 0.25) is 5.95 Å². The summed E-state index contributed by atoms with van der Waals surface area (Å²) in [6.07, 6.45) is 0.919. The molecule has 0 aliphatic rings. The Morgan fingerprint density at radius 1 is 1.16 bits per heavy atom. The summed E-state index contributed by atoms with van der Waals surface area (Å²) >= 11 is 0. The summed E-state index contributed by atoms with van der Waals surface area (Å²) in [5.41, 5.74) is 10.6. The average Bonchev–Trinajstić information content (AvgIpc) is 2.40. The summed E-state index contributed by atoms with van der Waals surface area (Å²) in [6, 6.07) is 10.0. The fourth-order valence-electron chi connectivity index (χ4n) is 1.85. The number of nitrogens with zero attached hydrogens (tertiary/aromatic N) is 2. The Bertz CT molecular complexity index is 555. The first kappa shape index (κ1) is 13.1. The summed E-state index contributed by atoms with van der Waals surface area (Å²) in [4.78, 5) is 8.02. The number of nitrogens with two attached hydrogens (primary N) is 2. The molecule has 0 atom stereocenters. The Kier molecular flexibility index (Phi) is 4.15. The third-order valence-corrected chi connectivity index (χ3v) is 2.85. The second-order valence-electron chi connectivity index (χ2n) is 4.24. The molecule has 1 aromatic heterocycles. The van der Waals surface area contributed by atoms with Crippen molar-refractivity contribution in [3.63, 3.8) is 0 Å². The van der Waals surface area contributed by atoms with Gasteiger partial charge in [-0.1, -0.05) is 24.3 Å². The van der Waals surface area contributed by atoms with E-state index in [0.29, 0.717) is 11.6 Å². The molecule has 0 radical (unpaired) electrons. The molecule has 19 heavy (non-hydrogen) atoms. The quantitative estimate of drug-likeness (QED) is 0.476. The first-order valence-corrected chi connectivity index (χ1v) is 6.08. The Labute approximate surface area is 112 Å². The lowest BCUT2D eigenvalue weighted by Gasteiger charge is -2.09. The molecule has 2 aromatic rings. The SMILES string of the molecule is Cc1ccccc1CCNc1cc(NN)nc(N)n1. The maximum atomic E-state index is 5.58. The number of nitrogen functional groups attached to an aromatic ring is 2. The zero-order valence-corrected chi connectivity index (χ0v) is 10.9. The van der Waals surface area contributed by atoms with Crippen molar-refractivity contribution >= 4 is 17.6 Å².